The van der Waals surface area contributed by atoms with Gasteiger partial charge in [-0.15, -0.1) is 0 Å². The Morgan fingerprint density at radius 2 is 1.79 bits per heavy atom. The molecular formula is C31H39N6O9P. The van der Waals surface area contributed by atoms with Gasteiger partial charge in [-0.3, -0.25) is 13.9 Å². The van der Waals surface area contributed by atoms with Gasteiger partial charge in [0.25, 0.3) is 0 Å². The maximum Gasteiger partial charge on any atom is 0.459 e. The number of aliphatic hydroxyl groups is 2. The lowest BCUT2D eigenvalue weighted by Gasteiger charge is -2.27. The van der Waals surface area contributed by atoms with E-state index < -0.39 is 50.4 Å². The highest BCUT2D eigenvalue weighted by Crippen LogP contribution is 2.48. The fourth-order valence-electron chi connectivity index (χ4n) is 5.71. The number of fused-ring (bicyclic) bond motifs is 4. The number of nitrogens with one attached hydrogen (secondary N) is 1. The summed E-state index contributed by atoms with van der Waals surface area (Å²) < 4.78 is 45.1. The molecule has 6 atom stereocenters. The molecule has 2 aliphatic heterocycles. The van der Waals surface area contributed by atoms with Crippen molar-refractivity contribution in [2.45, 2.75) is 76.0 Å². The van der Waals surface area contributed by atoms with Gasteiger partial charge < -0.3 is 34.7 Å². The molecular weight excluding hydrogens is 631 g/mol. The van der Waals surface area contributed by atoms with Crippen LogP contribution in [0.5, 0.6) is 11.6 Å². The van der Waals surface area contributed by atoms with Crippen LogP contribution in [-0.4, -0.2) is 79.4 Å². The third-order valence-corrected chi connectivity index (χ3v) is 9.90. The molecule has 1 unspecified atom stereocenters. The van der Waals surface area contributed by atoms with E-state index in [0.717, 1.165) is 31.1 Å². The first-order valence-corrected chi connectivity index (χ1v) is 17.1. The number of nitrogen functional groups attached to an aromatic ring is 1. The molecule has 16 heteroatoms. The van der Waals surface area contributed by atoms with Crippen LogP contribution in [0.25, 0.3) is 21.9 Å². The Morgan fingerprint density at radius 3 is 2.60 bits per heavy atom. The second-order valence-electron chi connectivity index (χ2n) is 11.9. The number of nitrogens with zero attached hydrogens (tertiary/aromatic N) is 4. The van der Waals surface area contributed by atoms with E-state index in [2.05, 4.69) is 20.0 Å². The fraction of sp³-hybridized carbons (Fsp3) is 0.484. The van der Waals surface area contributed by atoms with Gasteiger partial charge in [0.05, 0.1) is 26.1 Å². The van der Waals surface area contributed by atoms with Crippen LogP contribution in [0, 0.1) is 0 Å². The van der Waals surface area contributed by atoms with Gasteiger partial charge in [0.1, 0.15) is 29.6 Å². The number of hydrogen-bond acceptors (Lipinski definition) is 13. The summed E-state index contributed by atoms with van der Waals surface area (Å²) in [5, 5.41) is 26.9. The number of aliphatic hydroxyl groups excluding tert-OH is 1. The monoisotopic (exact) mass is 670 g/mol. The van der Waals surface area contributed by atoms with Crippen molar-refractivity contribution in [1.29, 1.82) is 0 Å². The molecule has 6 rings (SSSR count). The number of carbonyl (C=O) groups is 1. The van der Waals surface area contributed by atoms with Crippen molar-refractivity contribution in [2.24, 2.45) is 0 Å². The van der Waals surface area contributed by atoms with E-state index in [4.69, 9.17) is 29.0 Å². The van der Waals surface area contributed by atoms with Crippen LogP contribution in [0.2, 0.25) is 0 Å². The van der Waals surface area contributed by atoms with Crippen molar-refractivity contribution in [2.75, 3.05) is 25.6 Å². The van der Waals surface area contributed by atoms with Crippen LogP contribution in [-0.2, 0) is 23.4 Å². The largest absolute Gasteiger partial charge is 0.476 e. The zero-order valence-electron chi connectivity index (χ0n) is 26.2. The molecule has 2 aromatic carbocycles. The molecule has 0 saturated carbocycles. The first kappa shape index (κ1) is 33.1. The Morgan fingerprint density at radius 1 is 1.06 bits per heavy atom. The van der Waals surface area contributed by atoms with E-state index in [1.807, 2.05) is 24.3 Å². The summed E-state index contributed by atoms with van der Waals surface area (Å²) in [5.74, 6) is -0.261. The topological polar surface area (TPSA) is 202 Å². The number of aromatic nitrogens is 4. The maximum absolute atomic E-state index is 14.4. The molecule has 4 heterocycles. The third kappa shape index (κ3) is 7.05. The summed E-state index contributed by atoms with van der Waals surface area (Å²) in [6, 6.07) is 11.5. The summed E-state index contributed by atoms with van der Waals surface area (Å²) in [4.78, 5) is 25.8. The van der Waals surface area contributed by atoms with Crippen molar-refractivity contribution < 1.29 is 42.8 Å². The Labute approximate surface area is 270 Å². The zero-order valence-corrected chi connectivity index (χ0v) is 27.0. The lowest BCUT2D eigenvalue weighted by atomic mass is 9.96. The van der Waals surface area contributed by atoms with Crippen molar-refractivity contribution >= 4 is 41.6 Å². The van der Waals surface area contributed by atoms with Gasteiger partial charge in [-0.25, -0.2) is 9.55 Å². The summed E-state index contributed by atoms with van der Waals surface area (Å²) in [6.45, 7) is 2.95. The van der Waals surface area contributed by atoms with Crippen molar-refractivity contribution in [1.82, 2.24) is 24.6 Å². The molecule has 252 valence electrons. The lowest BCUT2D eigenvalue weighted by Crippen LogP contribution is -2.44. The number of hydrogen-bond donors (Lipinski definition) is 4. The summed E-state index contributed by atoms with van der Waals surface area (Å²) in [7, 11) is -4.35. The molecule has 47 heavy (non-hydrogen) atoms. The number of rotatable bonds is 2. The number of ether oxygens (including phenoxy) is 3. The average molecular weight is 671 g/mol. The van der Waals surface area contributed by atoms with Crippen molar-refractivity contribution in [3.8, 4) is 11.6 Å². The summed E-state index contributed by atoms with van der Waals surface area (Å²) in [6.07, 6.45) is 1.45. The minimum atomic E-state index is -4.35. The molecule has 0 radical (unpaired) electrons. The first-order chi connectivity index (χ1) is 22.6. The molecule has 6 bridgehead atoms. The van der Waals surface area contributed by atoms with Gasteiger partial charge in [-0.2, -0.15) is 15.1 Å². The molecule has 1 saturated heterocycles. The van der Waals surface area contributed by atoms with Crippen LogP contribution >= 0.6 is 7.75 Å². The van der Waals surface area contributed by atoms with E-state index in [1.165, 1.54) is 24.7 Å². The maximum atomic E-state index is 14.4. The highest BCUT2D eigenvalue weighted by atomic mass is 31.2. The van der Waals surface area contributed by atoms with Crippen molar-refractivity contribution in [3.63, 3.8) is 0 Å². The van der Waals surface area contributed by atoms with Crippen molar-refractivity contribution in [3.05, 3.63) is 48.8 Å². The summed E-state index contributed by atoms with van der Waals surface area (Å²) in [5.41, 5.74) is 4.65. The molecule has 2 aliphatic rings. The Kier molecular flexibility index (Phi) is 9.65. The average Bonchev–Trinajstić information content (AvgIpc) is 3.55. The molecule has 0 amide bonds. The number of imidazole rings is 1. The number of cyclic esters (lactones) is 1. The van der Waals surface area contributed by atoms with Crippen LogP contribution < -0.4 is 20.1 Å². The minimum Gasteiger partial charge on any atom is -0.476 e. The fourth-order valence-corrected chi connectivity index (χ4v) is 7.23. The third-order valence-electron chi connectivity index (χ3n) is 8.27. The van der Waals surface area contributed by atoms with Gasteiger partial charge in [0, 0.05) is 5.39 Å². The van der Waals surface area contributed by atoms with Gasteiger partial charge in [-0.1, -0.05) is 55.7 Å². The van der Waals surface area contributed by atoms with Crippen LogP contribution in [0.3, 0.4) is 0 Å². The molecule has 4 aromatic rings. The van der Waals surface area contributed by atoms with Gasteiger partial charge in [0.2, 0.25) is 11.8 Å². The van der Waals surface area contributed by atoms with E-state index >= 15 is 0 Å². The number of esters is 1. The Bertz CT molecular complexity index is 1780. The van der Waals surface area contributed by atoms with Gasteiger partial charge >= 0.3 is 13.7 Å². The standard InChI is InChI=1S/C31H39N6O9P/c1-19-28(39)43-16-9-5-3-4-8-15-42-27-24-26(34-30(32)35-27)37(18-33-24)29-31(2,40)25(38)23(45-29)17-44-47(41,36-19)46-22-14-10-12-20-11-6-7-13-21(20)22/h6-7,10-14,18-19,23,25,29,38,40H,3-5,8-9,15-17H2,1-2H3,(H,36,41)(H2,32,34,35)/t19-,23+,25+,29+,31+,47?/m0/s1. The zero-order chi connectivity index (χ0) is 33.2. The van der Waals surface area contributed by atoms with Crippen LogP contribution in [0.1, 0.15) is 52.2 Å². The second-order valence-corrected chi connectivity index (χ2v) is 13.6. The number of benzene rings is 2. The normalized spacial score (nSPS) is 29.9. The van der Waals surface area contributed by atoms with E-state index in [-0.39, 0.29) is 29.8 Å². The molecule has 2 aromatic heterocycles. The molecule has 0 spiro atoms. The first-order valence-electron chi connectivity index (χ1n) is 15.6. The lowest BCUT2D eigenvalue weighted by molar-refractivity contribution is -0.145. The van der Waals surface area contributed by atoms with Crippen LogP contribution in [0.4, 0.5) is 5.95 Å². The van der Waals surface area contributed by atoms with Crippen LogP contribution in [0.15, 0.2) is 48.8 Å². The van der Waals surface area contributed by atoms with E-state index in [9.17, 15) is 19.6 Å². The second kappa shape index (κ2) is 13.7. The quantitative estimate of drug-likeness (QED) is 0.178. The number of anilines is 1. The van der Waals surface area contributed by atoms with E-state index in [0.29, 0.717) is 23.9 Å². The predicted molar refractivity (Wildman–Crippen MR) is 171 cm³/mol. The predicted octanol–water partition coefficient (Wildman–Crippen LogP) is 3.64. The number of carbonyl (C=O) groups excluding carboxylic acids is 1. The Balaban J connectivity index is 1.32. The Hall–Kier alpha value is -3.85. The highest BCUT2D eigenvalue weighted by Gasteiger charge is 2.54. The van der Waals surface area contributed by atoms with Gasteiger partial charge in [0.15, 0.2) is 17.4 Å². The van der Waals surface area contributed by atoms with E-state index in [1.54, 1.807) is 18.2 Å². The van der Waals surface area contributed by atoms with Gasteiger partial charge in [-0.05, 0) is 38.1 Å². The minimum absolute atomic E-state index is 0.0666. The smallest absolute Gasteiger partial charge is 0.459 e. The highest BCUT2D eigenvalue weighted by molar-refractivity contribution is 7.52. The molecule has 15 nitrogen and oxygen atoms in total. The molecule has 0 aliphatic carbocycles. The number of nitrogens with two attached hydrogens (primary N) is 1. The molecule has 1 fully saturated rings. The molecule has 5 N–H and O–H groups in total. The summed E-state index contributed by atoms with van der Waals surface area (Å²) >= 11 is 0. The SMILES string of the molecule is C[C@@H]1NP(=O)(Oc2cccc3ccccc23)OC[C@H]2O[C@@H](n3cnc4c(nc(N)nc43)OCCCCCCCOC1=O)[C@](C)(O)[C@@H]2O.